The molecule has 0 saturated carbocycles. The minimum absolute atomic E-state index is 0.0423. The van der Waals surface area contributed by atoms with Crippen molar-refractivity contribution >= 4 is 17.5 Å². The number of ether oxygens (including phenoxy) is 1. The van der Waals surface area contributed by atoms with Crippen molar-refractivity contribution in [3.8, 4) is 11.4 Å². The SMILES string of the molecule is O=C(c1ccccc1-c1ncn[nH]1)N1CCO[C@@H](c2ccc(Cl)cc2)C1. The lowest BCUT2D eigenvalue weighted by molar-refractivity contribution is -0.0228. The fraction of sp³-hybridized carbons (Fsp3) is 0.211. The summed E-state index contributed by atoms with van der Waals surface area (Å²) in [4.78, 5) is 19.1. The molecule has 4 rings (SSSR count). The van der Waals surface area contributed by atoms with Gasteiger partial charge in [-0.3, -0.25) is 9.89 Å². The van der Waals surface area contributed by atoms with Gasteiger partial charge in [-0.2, -0.15) is 5.10 Å². The van der Waals surface area contributed by atoms with Crippen molar-refractivity contribution in [2.75, 3.05) is 19.7 Å². The van der Waals surface area contributed by atoms with Crippen LogP contribution in [0.5, 0.6) is 0 Å². The molecule has 1 aliphatic rings. The molecule has 0 radical (unpaired) electrons. The van der Waals surface area contributed by atoms with Crippen molar-refractivity contribution in [1.82, 2.24) is 20.1 Å². The van der Waals surface area contributed by atoms with Crippen molar-refractivity contribution in [3.05, 3.63) is 71.0 Å². The maximum atomic E-state index is 13.1. The summed E-state index contributed by atoms with van der Waals surface area (Å²) < 4.78 is 5.86. The Labute approximate surface area is 155 Å². The molecule has 0 unspecified atom stereocenters. The molecule has 1 aromatic heterocycles. The number of rotatable bonds is 3. The number of benzene rings is 2. The first-order chi connectivity index (χ1) is 12.7. The molecule has 2 aromatic carbocycles. The molecule has 2 heterocycles. The summed E-state index contributed by atoms with van der Waals surface area (Å²) in [5.74, 6) is 0.538. The van der Waals surface area contributed by atoms with Crippen LogP contribution in [-0.2, 0) is 4.74 Å². The molecular weight excluding hydrogens is 352 g/mol. The summed E-state index contributed by atoms with van der Waals surface area (Å²) in [6.07, 6.45) is 1.27. The first kappa shape index (κ1) is 16.8. The molecule has 0 bridgehead atoms. The van der Waals surface area contributed by atoms with Crippen LogP contribution in [0.1, 0.15) is 22.0 Å². The molecule has 1 fully saturated rings. The van der Waals surface area contributed by atoms with E-state index in [0.29, 0.717) is 36.1 Å². The number of aromatic amines is 1. The van der Waals surface area contributed by atoms with Gasteiger partial charge < -0.3 is 9.64 Å². The maximum Gasteiger partial charge on any atom is 0.254 e. The first-order valence-electron chi connectivity index (χ1n) is 8.33. The number of hydrogen-bond donors (Lipinski definition) is 1. The zero-order valence-corrected chi connectivity index (χ0v) is 14.7. The average molecular weight is 369 g/mol. The first-order valence-corrected chi connectivity index (χ1v) is 8.71. The van der Waals surface area contributed by atoms with E-state index in [-0.39, 0.29) is 12.0 Å². The minimum atomic E-state index is -0.164. The number of carbonyl (C=O) groups excluding carboxylic acids is 1. The van der Waals surface area contributed by atoms with Gasteiger partial charge in [0.15, 0.2) is 5.82 Å². The summed E-state index contributed by atoms with van der Waals surface area (Å²) in [5.41, 5.74) is 2.35. The third-order valence-corrected chi connectivity index (χ3v) is 4.68. The molecule has 1 aliphatic heterocycles. The highest BCUT2D eigenvalue weighted by atomic mass is 35.5. The van der Waals surface area contributed by atoms with E-state index >= 15 is 0 Å². The van der Waals surface area contributed by atoms with Crippen LogP contribution in [-0.4, -0.2) is 45.7 Å². The summed E-state index contributed by atoms with van der Waals surface area (Å²) >= 11 is 5.96. The van der Waals surface area contributed by atoms with Crippen molar-refractivity contribution in [2.24, 2.45) is 0 Å². The van der Waals surface area contributed by atoms with Crippen LogP contribution in [0.3, 0.4) is 0 Å². The predicted molar refractivity (Wildman–Crippen MR) is 97.9 cm³/mol. The fourth-order valence-electron chi connectivity index (χ4n) is 3.09. The van der Waals surface area contributed by atoms with Crippen LogP contribution in [0.15, 0.2) is 54.9 Å². The summed E-state index contributed by atoms with van der Waals surface area (Å²) in [7, 11) is 0. The fourth-order valence-corrected chi connectivity index (χ4v) is 3.22. The Morgan fingerprint density at radius 2 is 2.00 bits per heavy atom. The number of aromatic nitrogens is 3. The Balaban J connectivity index is 1.58. The molecule has 1 saturated heterocycles. The molecule has 1 amide bonds. The molecule has 0 aliphatic carbocycles. The number of amides is 1. The zero-order chi connectivity index (χ0) is 17.9. The molecule has 132 valence electrons. The number of H-pyrrole nitrogens is 1. The van der Waals surface area contributed by atoms with Crippen molar-refractivity contribution in [2.45, 2.75) is 6.10 Å². The topological polar surface area (TPSA) is 71.1 Å². The van der Waals surface area contributed by atoms with Gasteiger partial charge in [-0.25, -0.2) is 4.98 Å². The second kappa shape index (κ2) is 7.27. The van der Waals surface area contributed by atoms with E-state index in [9.17, 15) is 4.79 Å². The zero-order valence-electron chi connectivity index (χ0n) is 13.9. The normalized spacial score (nSPS) is 17.3. The van der Waals surface area contributed by atoms with E-state index < -0.39 is 0 Å². The van der Waals surface area contributed by atoms with Gasteiger partial charge in [0.2, 0.25) is 0 Å². The Hall–Kier alpha value is -2.70. The molecule has 6 nitrogen and oxygen atoms in total. The Morgan fingerprint density at radius 1 is 1.19 bits per heavy atom. The van der Waals surface area contributed by atoms with E-state index in [1.807, 2.05) is 53.4 Å². The summed E-state index contributed by atoms with van der Waals surface area (Å²) in [6, 6.07) is 14.9. The van der Waals surface area contributed by atoms with Crippen molar-refractivity contribution in [1.29, 1.82) is 0 Å². The molecule has 26 heavy (non-hydrogen) atoms. The highest BCUT2D eigenvalue weighted by molar-refractivity contribution is 6.30. The van der Waals surface area contributed by atoms with Crippen molar-refractivity contribution in [3.63, 3.8) is 0 Å². The van der Waals surface area contributed by atoms with Crippen LogP contribution >= 0.6 is 11.6 Å². The van der Waals surface area contributed by atoms with Crippen LogP contribution in [0, 0.1) is 0 Å². The molecule has 1 N–H and O–H groups in total. The van der Waals surface area contributed by atoms with Gasteiger partial charge in [0.1, 0.15) is 12.4 Å². The van der Waals surface area contributed by atoms with E-state index in [1.165, 1.54) is 6.33 Å². The lowest BCUT2D eigenvalue weighted by atomic mass is 10.0. The number of hydrogen-bond acceptors (Lipinski definition) is 4. The Kier molecular flexibility index (Phi) is 4.69. The highest BCUT2D eigenvalue weighted by Crippen LogP contribution is 2.27. The largest absolute Gasteiger partial charge is 0.370 e. The maximum absolute atomic E-state index is 13.1. The molecule has 3 aromatic rings. The number of nitrogens with one attached hydrogen (secondary N) is 1. The Morgan fingerprint density at radius 3 is 2.77 bits per heavy atom. The lowest BCUT2D eigenvalue weighted by Gasteiger charge is -2.33. The van der Waals surface area contributed by atoms with Gasteiger partial charge >= 0.3 is 0 Å². The summed E-state index contributed by atoms with van der Waals surface area (Å²) in [6.45, 7) is 1.53. The van der Waals surface area contributed by atoms with Gasteiger partial charge in [-0.15, -0.1) is 0 Å². The molecule has 7 heteroatoms. The minimum Gasteiger partial charge on any atom is -0.370 e. The second-order valence-corrected chi connectivity index (χ2v) is 6.48. The van der Waals surface area contributed by atoms with Gasteiger partial charge in [0, 0.05) is 17.1 Å². The van der Waals surface area contributed by atoms with Crippen molar-refractivity contribution < 1.29 is 9.53 Å². The van der Waals surface area contributed by atoms with Crippen LogP contribution in [0.2, 0.25) is 5.02 Å². The van der Waals surface area contributed by atoms with Gasteiger partial charge in [-0.05, 0) is 23.8 Å². The average Bonchev–Trinajstić information content (AvgIpc) is 3.23. The quantitative estimate of drug-likeness (QED) is 0.769. The van der Waals surface area contributed by atoms with Gasteiger partial charge in [-0.1, -0.05) is 41.9 Å². The number of halogens is 1. The van der Waals surface area contributed by atoms with E-state index in [1.54, 1.807) is 0 Å². The van der Waals surface area contributed by atoms with Crippen LogP contribution in [0.25, 0.3) is 11.4 Å². The smallest absolute Gasteiger partial charge is 0.254 e. The monoisotopic (exact) mass is 368 g/mol. The lowest BCUT2D eigenvalue weighted by Crippen LogP contribution is -2.42. The van der Waals surface area contributed by atoms with Gasteiger partial charge in [0.05, 0.1) is 18.7 Å². The number of nitrogens with zero attached hydrogens (tertiary/aromatic N) is 3. The van der Waals surface area contributed by atoms with E-state index in [2.05, 4.69) is 15.2 Å². The second-order valence-electron chi connectivity index (χ2n) is 6.04. The molecular formula is C19H17ClN4O2. The third kappa shape index (κ3) is 3.34. The third-order valence-electron chi connectivity index (χ3n) is 4.42. The number of morpholine rings is 1. The Bertz CT molecular complexity index is 896. The predicted octanol–water partition coefficient (Wildman–Crippen LogP) is 3.34. The van der Waals surface area contributed by atoms with Crippen LogP contribution in [0.4, 0.5) is 0 Å². The summed E-state index contributed by atoms with van der Waals surface area (Å²) in [5, 5.41) is 7.38. The van der Waals surface area contributed by atoms with E-state index in [0.717, 1.165) is 11.1 Å². The van der Waals surface area contributed by atoms with Gasteiger partial charge in [0.25, 0.3) is 5.91 Å². The molecule has 1 atom stereocenters. The number of carbonyl (C=O) groups is 1. The van der Waals surface area contributed by atoms with E-state index in [4.69, 9.17) is 16.3 Å². The molecule has 0 spiro atoms. The standard InChI is InChI=1S/C19H17ClN4O2/c20-14-7-5-13(6-8-14)17-11-24(9-10-26-17)19(25)16-4-2-1-3-15(16)18-21-12-22-23-18/h1-8,12,17H,9-11H2,(H,21,22,23)/t17-/m1/s1. The highest BCUT2D eigenvalue weighted by Gasteiger charge is 2.27. The van der Waals surface area contributed by atoms with Crippen LogP contribution < -0.4 is 0 Å².